The molecular weight excluding hydrogens is 757 g/mol. The quantitative estimate of drug-likeness (QED) is 0.163. The molecule has 4 aromatic rings. The molecule has 1 unspecified atom stereocenters. The molecule has 258 valence electrons. The molecule has 1 atom stereocenters. The first-order valence-electron chi connectivity index (χ1n) is 15.4. The summed E-state index contributed by atoms with van der Waals surface area (Å²) >= 11 is 0.898. The third-order valence-corrected chi connectivity index (χ3v) is 9.34. The number of allylic oxidation sites excluding steroid dienone is 4. The molecule has 0 amide bonds. The van der Waals surface area contributed by atoms with Crippen molar-refractivity contribution in [2.45, 2.75) is 59.3 Å². The van der Waals surface area contributed by atoms with Gasteiger partial charge in [-0.1, -0.05) is 87.3 Å². The van der Waals surface area contributed by atoms with Gasteiger partial charge in [0.2, 0.25) is 0 Å². The first kappa shape index (κ1) is 42.4. The van der Waals surface area contributed by atoms with Gasteiger partial charge in [-0.05, 0) is 6.42 Å². The molecule has 6 rings (SSSR count). The van der Waals surface area contributed by atoms with Crippen LogP contribution in [0.5, 0.6) is 0 Å². The molecule has 0 N–H and O–H groups in total. The Morgan fingerprint density at radius 1 is 0.735 bits per heavy atom. The zero-order valence-corrected chi connectivity index (χ0v) is 31.5. The zero-order valence-electron chi connectivity index (χ0n) is 27.5. The van der Waals surface area contributed by atoms with Crippen molar-refractivity contribution in [2.75, 3.05) is 0 Å². The van der Waals surface area contributed by atoms with Gasteiger partial charge in [-0.25, -0.2) is 6.08 Å². The largest absolute Gasteiger partial charge is 1.00 e. The average molecular weight is 793 g/mol. The van der Waals surface area contributed by atoms with Crippen molar-refractivity contribution in [3.63, 3.8) is 0 Å². The van der Waals surface area contributed by atoms with E-state index in [-0.39, 0.29) is 24.8 Å². The van der Waals surface area contributed by atoms with E-state index < -0.39 is 23.5 Å². The van der Waals surface area contributed by atoms with Gasteiger partial charge in [-0.2, -0.15) is 41.5 Å². The van der Waals surface area contributed by atoms with Crippen LogP contribution in [0.3, 0.4) is 0 Å². The first-order chi connectivity index (χ1) is 22.1. The van der Waals surface area contributed by atoms with Gasteiger partial charge in [0.25, 0.3) is 0 Å². The normalized spacial score (nSPS) is 14.4. The van der Waals surface area contributed by atoms with Crippen LogP contribution < -0.4 is 24.8 Å². The second kappa shape index (κ2) is 18.0. The summed E-state index contributed by atoms with van der Waals surface area (Å²) in [6.07, 6.45) is 2.65. The predicted octanol–water partition coefficient (Wildman–Crippen LogP) is 5.65. The van der Waals surface area contributed by atoms with Gasteiger partial charge >= 0.3 is 137 Å². The van der Waals surface area contributed by atoms with Crippen molar-refractivity contribution in [3.05, 3.63) is 154 Å². The van der Waals surface area contributed by atoms with Crippen LogP contribution in [-0.2, 0) is 43.0 Å². The SMILES string of the molecule is CCCC1[C-]=CC(C(C)(C)C)=C1.FC(F)(F)c1ccc([C](=[Zr+2])c2ccc(C(F)(F)F)cc2)cc1.[Cl-].[Cl-].[c-]1cccc2c1Cc1ccccc1-2. The Morgan fingerprint density at radius 2 is 1.24 bits per heavy atom. The summed E-state index contributed by atoms with van der Waals surface area (Å²) in [6.45, 7) is 8.99. The number of hydrogen-bond acceptors (Lipinski definition) is 0. The summed E-state index contributed by atoms with van der Waals surface area (Å²) < 4.78 is 75.6. The summed E-state index contributed by atoms with van der Waals surface area (Å²) in [7, 11) is 0. The van der Waals surface area contributed by atoms with E-state index in [4.69, 9.17) is 0 Å². The van der Waals surface area contributed by atoms with Gasteiger partial charge in [0, 0.05) is 0 Å². The van der Waals surface area contributed by atoms with E-state index in [1.54, 1.807) is 0 Å². The molecule has 0 aliphatic heterocycles. The minimum Gasteiger partial charge on any atom is -1.00 e. The van der Waals surface area contributed by atoms with E-state index in [1.807, 2.05) is 6.07 Å². The fourth-order valence-corrected chi connectivity index (χ4v) is 6.09. The molecule has 0 spiro atoms. The Hall–Kier alpha value is -2.73. The molecule has 2 aliphatic carbocycles. The van der Waals surface area contributed by atoms with Crippen molar-refractivity contribution in [3.8, 4) is 11.1 Å². The van der Waals surface area contributed by atoms with Gasteiger partial charge < -0.3 is 24.8 Å². The van der Waals surface area contributed by atoms with Crippen LogP contribution in [0, 0.1) is 23.5 Å². The fraction of sp³-hybridized carbons (Fsp3) is 0.275. The summed E-state index contributed by atoms with van der Waals surface area (Å²) in [5.74, 6) is 0.587. The van der Waals surface area contributed by atoms with Gasteiger partial charge in [0.15, 0.2) is 0 Å². The molecule has 2 aliphatic rings. The summed E-state index contributed by atoms with van der Waals surface area (Å²) in [5, 5.41) is 0. The predicted molar refractivity (Wildman–Crippen MR) is 173 cm³/mol. The molecular formula is C40H36Cl2F6Zr-2. The number of fused-ring (bicyclic) bond motifs is 3. The van der Waals surface area contributed by atoms with Crippen LogP contribution in [0.4, 0.5) is 26.3 Å². The van der Waals surface area contributed by atoms with Gasteiger partial charge in [0.1, 0.15) is 0 Å². The van der Waals surface area contributed by atoms with Crippen molar-refractivity contribution in [2.24, 2.45) is 11.3 Å². The third kappa shape index (κ3) is 11.7. The maximum atomic E-state index is 12.5. The second-order valence-corrected chi connectivity index (χ2v) is 13.7. The van der Waals surface area contributed by atoms with Crippen molar-refractivity contribution in [1.82, 2.24) is 0 Å². The molecule has 0 bridgehead atoms. The van der Waals surface area contributed by atoms with E-state index in [1.165, 1.54) is 64.9 Å². The van der Waals surface area contributed by atoms with E-state index >= 15 is 0 Å². The molecule has 49 heavy (non-hydrogen) atoms. The summed E-state index contributed by atoms with van der Waals surface area (Å²) in [5.41, 5.74) is 6.86. The molecule has 0 saturated carbocycles. The Bertz CT molecular complexity index is 1630. The number of hydrogen-bond donors (Lipinski definition) is 0. The Kier molecular flexibility index (Phi) is 15.6. The molecule has 0 radical (unpaired) electrons. The van der Waals surface area contributed by atoms with Crippen molar-refractivity contribution in [1.29, 1.82) is 0 Å². The molecule has 4 aromatic carbocycles. The van der Waals surface area contributed by atoms with Crippen molar-refractivity contribution < 1.29 is 75.4 Å². The number of alkyl halides is 6. The average Bonchev–Trinajstić information content (AvgIpc) is 3.66. The smallest absolute Gasteiger partial charge is 0.0253 e. The summed E-state index contributed by atoms with van der Waals surface area (Å²) in [4.78, 5) is 0. The van der Waals surface area contributed by atoms with Gasteiger partial charge in [-0.3, -0.25) is 6.08 Å². The molecule has 0 aromatic heterocycles. The standard InChI is InChI=1S/C15H8F6.C13H9.C12H19.2ClH.Zr/c16-14(17,18)12-5-1-10(2-6-12)9-11-3-7-13(8-4-11)15(19,20)21;1-3-7-12-10(5-1)9-11-6-2-4-8-13(11)12;1-5-6-10-7-8-11(9-10)12(2,3)4;;;/h1-8H;1-5,7-8H,9H2;8-10H,5-6H2,1-4H3;2*1H;/q;2*-1;;;+2/p-2. The molecule has 0 fully saturated rings. The van der Waals surface area contributed by atoms with Crippen LogP contribution in [0.2, 0.25) is 0 Å². The van der Waals surface area contributed by atoms with E-state index in [2.05, 4.69) is 88.4 Å². The molecule has 0 nitrogen and oxygen atoms in total. The maximum absolute atomic E-state index is 12.5. The third-order valence-electron chi connectivity index (χ3n) is 7.92. The Balaban J connectivity index is 0.000000265. The Morgan fingerprint density at radius 3 is 1.71 bits per heavy atom. The van der Waals surface area contributed by atoms with E-state index in [0.29, 0.717) is 25.7 Å². The number of rotatable bonds is 4. The van der Waals surface area contributed by atoms with E-state index in [0.717, 1.165) is 54.9 Å². The fourth-order valence-electron chi connectivity index (χ4n) is 5.27. The zero-order chi connectivity index (χ0) is 34.4. The molecule has 9 heteroatoms. The second-order valence-electron chi connectivity index (χ2n) is 12.5. The van der Waals surface area contributed by atoms with Crippen LogP contribution in [-0.4, -0.2) is 3.21 Å². The van der Waals surface area contributed by atoms with Gasteiger partial charge in [0.05, 0.1) is 0 Å². The summed E-state index contributed by atoms with van der Waals surface area (Å²) in [6, 6.07) is 27.3. The van der Waals surface area contributed by atoms with Crippen LogP contribution in [0.1, 0.15) is 73.9 Å². The first-order valence-corrected chi connectivity index (χ1v) is 16.6. The minimum absolute atomic E-state index is 0. The monoisotopic (exact) mass is 790 g/mol. The molecule has 0 saturated heterocycles. The van der Waals surface area contributed by atoms with Crippen LogP contribution >= 0.6 is 0 Å². The van der Waals surface area contributed by atoms with Gasteiger partial charge in [-0.15, -0.1) is 5.56 Å². The van der Waals surface area contributed by atoms with E-state index in [9.17, 15) is 26.3 Å². The number of halogens is 8. The van der Waals surface area contributed by atoms with Crippen LogP contribution in [0.25, 0.3) is 11.1 Å². The number of benzene rings is 4. The molecule has 0 heterocycles. The minimum atomic E-state index is -4.41. The van der Waals surface area contributed by atoms with Crippen molar-refractivity contribution >= 4 is 3.21 Å². The Labute approximate surface area is 312 Å². The van der Waals surface area contributed by atoms with Crippen LogP contribution in [0.15, 0.2) is 109 Å². The maximum Gasteiger partial charge on any atom is -0.0253 e. The topological polar surface area (TPSA) is 0 Å².